The molecule has 1 aliphatic heterocycles. The van der Waals surface area contributed by atoms with Crippen LogP contribution in [-0.4, -0.2) is 25.9 Å². The van der Waals surface area contributed by atoms with Crippen molar-refractivity contribution in [3.05, 3.63) is 0 Å². The van der Waals surface area contributed by atoms with Gasteiger partial charge in [0, 0.05) is 6.61 Å². The fourth-order valence-electron chi connectivity index (χ4n) is 1.35. The predicted molar refractivity (Wildman–Crippen MR) is 44.6 cm³/mol. The fraction of sp³-hybridized carbons (Fsp3) is 0.889. The van der Waals surface area contributed by atoms with E-state index in [1.54, 1.807) is 0 Å². The van der Waals surface area contributed by atoms with Gasteiger partial charge in [0.2, 0.25) is 0 Å². The van der Waals surface area contributed by atoms with E-state index in [9.17, 15) is 0 Å². The minimum atomic E-state index is -0.269. The summed E-state index contributed by atoms with van der Waals surface area (Å²) in [6, 6.07) is 2.32. The lowest BCUT2D eigenvalue weighted by Gasteiger charge is -2.43. The van der Waals surface area contributed by atoms with Gasteiger partial charge in [-0.3, -0.25) is 0 Å². The summed E-state index contributed by atoms with van der Waals surface area (Å²) >= 11 is 0. The Hall–Kier alpha value is -0.590. The molecule has 2 unspecified atom stereocenters. The van der Waals surface area contributed by atoms with Crippen LogP contribution in [0.4, 0.5) is 0 Å². The second-order valence-electron chi connectivity index (χ2n) is 3.08. The molecule has 3 nitrogen and oxygen atoms in total. The van der Waals surface area contributed by atoms with Gasteiger partial charge in [0.1, 0.15) is 11.5 Å². The molecule has 0 radical (unpaired) electrons. The van der Waals surface area contributed by atoms with Crippen molar-refractivity contribution in [1.82, 2.24) is 0 Å². The molecule has 0 saturated carbocycles. The number of ether oxygens (including phenoxy) is 2. The minimum absolute atomic E-state index is 0.00699. The quantitative estimate of drug-likeness (QED) is 0.637. The smallest absolute Gasteiger partial charge is 0.109 e. The van der Waals surface area contributed by atoms with E-state index in [1.807, 2.05) is 13.8 Å². The second-order valence-corrected chi connectivity index (χ2v) is 3.08. The Kier molecular flexibility index (Phi) is 3.07. The maximum absolute atomic E-state index is 8.92. The third kappa shape index (κ3) is 1.45. The van der Waals surface area contributed by atoms with Crippen molar-refractivity contribution in [2.45, 2.75) is 26.4 Å². The van der Waals surface area contributed by atoms with Crippen LogP contribution in [0, 0.1) is 16.7 Å². The van der Waals surface area contributed by atoms with Gasteiger partial charge in [-0.2, -0.15) is 5.26 Å². The van der Waals surface area contributed by atoms with Crippen molar-refractivity contribution in [1.29, 1.82) is 5.26 Å². The van der Waals surface area contributed by atoms with Crippen molar-refractivity contribution in [3.8, 4) is 6.07 Å². The zero-order valence-electron chi connectivity index (χ0n) is 7.67. The van der Waals surface area contributed by atoms with Gasteiger partial charge in [-0.15, -0.1) is 0 Å². The molecule has 0 bridgehead atoms. The molecule has 0 aromatic rings. The van der Waals surface area contributed by atoms with E-state index in [0.717, 1.165) is 6.42 Å². The normalized spacial score (nSPS) is 33.9. The fourth-order valence-corrected chi connectivity index (χ4v) is 1.35. The highest BCUT2D eigenvalue weighted by Crippen LogP contribution is 2.37. The molecule has 1 aliphatic rings. The Morgan fingerprint density at radius 2 is 2.42 bits per heavy atom. The molecule has 0 aromatic heterocycles. The minimum Gasteiger partial charge on any atom is -0.379 e. The highest BCUT2D eigenvalue weighted by Gasteiger charge is 2.47. The van der Waals surface area contributed by atoms with Gasteiger partial charge in [0.15, 0.2) is 0 Å². The molecular weight excluding hydrogens is 154 g/mol. The highest BCUT2D eigenvalue weighted by atomic mass is 16.5. The predicted octanol–water partition coefficient (Wildman–Crippen LogP) is 1.34. The maximum Gasteiger partial charge on any atom is 0.109 e. The van der Waals surface area contributed by atoms with E-state index in [4.69, 9.17) is 14.7 Å². The van der Waals surface area contributed by atoms with E-state index in [-0.39, 0.29) is 11.5 Å². The van der Waals surface area contributed by atoms with Crippen LogP contribution in [0.1, 0.15) is 20.3 Å². The van der Waals surface area contributed by atoms with E-state index in [1.165, 1.54) is 0 Å². The second kappa shape index (κ2) is 3.88. The Labute approximate surface area is 73.3 Å². The van der Waals surface area contributed by atoms with Gasteiger partial charge < -0.3 is 9.47 Å². The largest absolute Gasteiger partial charge is 0.379 e. The molecule has 0 spiro atoms. The maximum atomic E-state index is 8.92. The van der Waals surface area contributed by atoms with Gasteiger partial charge in [0.05, 0.1) is 19.3 Å². The first-order chi connectivity index (χ1) is 5.79. The topological polar surface area (TPSA) is 42.2 Å². The van der Waals surface area contributed by atoms with Crippen LogP contribution < -0.4 is 0 Å². The van der Waals surface area contributed by atoms with E-state index < -0.39 is 0 Å². The average molecular weight is 169 g/mol. The van der Waals surface area contributed by atoms with Gasteiger partial charge in [-0.25, -0.2) is 0 Å². The van der Waals surface area contributed by atoms with Crippen LogP contribution in [0.2, 0.25) is 0 Å². The van der Waals surface area contributed by atoms with E-state index in [0.29, 0.717) is 19.8 Å². The molecule has 3 heteroatoms. The zero-order chi connectivity index (χ0) is 9.03. The Morgan fingerprint density at radius 1 is 1.67 bits per heavy atom. The van der Waals surface area contributed by atoms with Crippen LogP contribution in [0.3, 0.4) is 0 Å². The van der Waals surface area contributed by atoms with Gasteiger partial charge in [0.25, 0.3) is 0 Å². The molecule has 12 heavy (non-hydrogen) atoms. The Morgan fingerprint density at radius 3 is 2.75 bits per heavy atom. The lowest BCUT2D eigenvalue weighted by Crippen LogP contribution is -2.53. The first kappa shape index (κ1) is 9.50. The summed E-state index contributed by atoms with van der Waals surface area (Å²) in [5.74, 6) is 0. The third-order valence-electron chi connectivity index (χ3n) is 2.49. The summed E-state index contributed by atoms with van der Waals surface area (Å²) in [4.78, 5) is 0. The zero-order valence-corrected chi connectivity index (χ0v) is 7.67. The number of rotatable bonds is 4. The number of hydrogen-bond donors (Lipinski definition) is 0. The lowest BCUT2D eigenvalue weighted by atomic mass is 9.77. The molecule has 0 amide bonds. The molecule has 1 rings (SSSR count). The van der Waals surface area contributed by atoms with Crippen LogP contribution in [0.25, 0.3) is 0 Å². The number of nitriles is 1. The first-order valence-corrected chi connectivity index (χ1v) is 4.39. The van der Waals surface area contributed by atoms with E-state index in [2.05, 4.69) is 6.07 Å². The molecule has 68 valence electrons. The first-order valence-electron chi connectivity index (χ1n) is 4.39. The van der Waals surface area contributed by atoms with Gasteiger partial charge >= 0.3 is 0 Å². The van der Waals surface area contributed by atoms with Crippen molar-refractivity contribution >= 4 is 0 Å². The molecule has 1 heterocycles. The van der Waals surface area contributed by atoms with Crippen LogP contribution >= 0.6 is 0 Å². The Balaban J connectivity index is 2.41. The van der Waals surface area contributed by atoms with Crippen LogP contribution in [0.5, 0.6) is 0 Å². The van der Waals surface area contributed by atoms with Crippen molar-refractivity contribution in [3.63, 3.8) is 0 Å². The van der Waals surface area contributed by atoms with Crippen LogP contribution in [0.15, 0.2) is 0 Å². The van der Waals surface area contributed by atoms with Gasteiger partial charge in [-0.05, 0) is 13.3 Å². The lowest BCUT2D eigenvalue weighted by molar-refractivity contribution is -0.182. The molecule has 0 aliphatic carbocycles. The number of hydrogen-bond acceptors (Lipinski definition) is 3. The van der Waals surface area contributed by atoms with Crippen molar-refractivity contribution in [2.24, 2.45) is 5.41 Å². The summed E-state index contributed by atoms with van der Waals surface area (Å²) in [5.41, 5.74) is -0.269. The Bertz CT molecular complexity index is 183. The summed E-state index contributed by atoms with van der Waals surface area (Å²) < 4.78 is 10.5. The highest BCUT2D eigenvalue weighted by molar-refractivity contribution is 5.08. The van der Waals surface area contributed by atoms with E-state index >= 15 is 0 Å². The standard InChI is InChI=1S/C9H15NO2/c1-3-9(6-10)7-12-8(9)5-11-4-2/h8H,3-5,7H2,1-2H3. The molecule has 2 atom stereocenters. The summed E-state index contributed by atoms with van der Waals surface area (Å²) in [6.07, 6.45) is 0.841. The van der Waals surface area contributed by atoms with Gasteiger partial charge in [-0.1, -0.05) is 6.92 Å². The molecule has 0 N–H and O–H groups in total. The molecule has 1 fully saturated rings. The summed E-state index contributed by atoms with van der Waals surface area (Å²) in [5, 5.41) is 8.92. The summed E-state index contributed by atoms with van der Waals surface area (Å²) in [7, 11) is 0. The number of nitrogens with zero attached hydrogens (tertiary/aromatic N) is 1. The third-order valence-corrected chi connectivity index (χ3v) is 2.49. The monoisotopic (exact) mass is 169 g/mol. The molecular formula is C9H15NO2. The van der Waals surface area contributed by atoms with Crippen molar-refractivity contribution in [2.75, 3.05) is 19.8 Å². The summed E-state index contributed by atoms with van der Waals surface area (Å²) in [6.45, 7) is 5.77. The SMILES string of the molecule is CCOCC1OCC1(C#N)CC. The molecule has 1 saturated heterocycles. The van der Waals surface area contributed by atoms with Crippen molar-refractivity contribution < 1.29 is 9.47 Å². The van der Waals surface area contributed by atoms with Crippen LogP contribution in [-0.2, 0) is 9.47 Å². The average Bonchev–Trinajstić information content (AvgIpc) is 2.06. The molecule has 0 aromatic carbocycles.